The minimum absolute atomic E-state index is 0.467. The van der Waals surface area contributed by atoms with Crippen LogP contribution in [0, 0.1) is 0 Å². The van der Waals surface area contributed by atoms with Crippen LogP contribution in [0.15, 0.2) is 24.7 Å². The van der Waals surface area contributed by atoms with E-state index in [1.165, 1.54) is 18.5 Å². The maximum Gasteiger partial charge on any atom is 0.122 e. The van der Waals surface area contributed by atoms with Crippen molar-refractivity contribution in [1.29, 1.82) is 0 Å². The van der Waals surface area contributed by atoms with Crippen LogP contribution in [0.5, 0.6) is 0 Å². The summed E-state index contributed by atoms with van der Waals surface area (Å²) in [5.74, 6) is 1.16. The van der Waals surface area contributed by atoms with Gasteiger partial charge in [-0.3, -0.25) is 10.00 Å². The number of hydrogen-bond acceptors (Lipinski definition) is 3. The fraction of sp³-hybridized carbons (Fsp3) is 0.538. The van der Waals surface area contributed by atoms with Gasteiger partial charge in [-0.05, 0) is 32.4 Å². The molecule has 96 valence electrons. The van der Waals surface area contributed by atoms with Crippen LogP contribution < -0.4 is 0 Å². The van der Waals surface area contributed by atoms with Crippen molar-refractivity contribution in [3.63, 3.8) is 0 Å². The van der Waals surface area contributed by atoms with Gasteiger partial charge in [0.25, 0.3) is 0 Å². The summed E-state index contributed by atoms with van der Waals surface area (Å²) in [6.07, 6.45) is 8.22. The summed E-state index contributed by atoms with van der Waals surface area (Å²) < 4.78 is 2.21. The van der Waals surface area contributed by atoms with Crippen LogP contribution in [0.2, 0.25) is 0 Å². The van der Waals surface area contributed by atoms with E-state index in [1.807, 2.05) is 12.4 Å². The van der Waals surface area contributed by atoms with Gasteiger partial charge in [-0.15, -0.1) is 0 Å². The Morgan fingerprint density at radius 3 is 3.17 bits per heavy atom. The number of aromatic amines is 1. The number of likely N-dealkylation sites (tertiary alicyclic amines) is 1. The molecule has 0 aliphatic carbocycles. The van der Waals surface area contributed by atoms with Crippen LogP contribution in [0.1, 0.15) is 37.3 Å². The van der Waals surface area contributed by atoms with E-state index in [4.69, 9.17) is 0 Å². The Morgan fingerprint density at radius 1 is 1.44 bits per heavy atom. The van der Waals surface area contributed by atoms with Crippen molar-refractivity contribution in [3.8, 4) is 0 Å². The fourth-order valence-electron chi connectivity index (χ4n) is 2.78. The Kier molecular flexibility index (Phi) is 3.15. The van der Waals surface area contributed by atoms with E-state index >= 15 is 0 Å². The fourth-order valence-corrected chi connectivity index (χ4v) is 2.78. The third-order valence-electron chi connectivity index (χ3n) is 3.73. The molecule has 1 aliphatic heterocycles. The van der Waals surface area contributed by atoms with Gasteiger partial charge in [0.15, 0.2) is 0 Å². The van der Waals surface area contributed by atoms with Gasteiger partial charge in [-0.1, -0.05) is 0 Å². The standard InChI is InChI=1S/C13H19N5/c1-2-17-9-7-14-13(17)10-18-8-3-4-12(18)11-5-6-15-16-11/h5-7,9,12H,2-4,8,10H2,1H3,(H,15,16)/t12-/m0/s1. The van der Waals surface area contributed by atoms with E-state index in [9.17, 15) is 0 Å². The summed E-state index contributed by atoms with van der Waals surface area (Å²) in [6.45, 7) is 5.20. The lowest BCUT2D eigenvalue weighted by Crippen LogP contribution is -2.24. The minimum atomic E-state index is 0.467. The lowest BCUT2D eigenvalue weighted by atomic mass is 10.1. The van der Waals surface area contributed by atoms with E-state index < -0.39 is 0 Å². The zero-order valence-corrected chi connectivity index (χ0v) is 10.7. The largest absolute Gasteiger partial charge is 0.334 e. The first-order valence-electron chi connectivity index (χ1n) is 6.62. The van der Waals surface area contributed by atoms with Gasteiger partial charge >= 0.3 is 0 Å². The summed E-state index contributed by atoms with van der Waals surface area (Å²) in [6, 6.07) is 2.55. The van der Waals surface area contributed by atoms with Crippen LogP contribution in [0.25, 0.3) is 0 Å². The Hall–Kier alpha value is -1.62. The number of H-pyrrole nitrogens is 1. The third-order valence-corrected chi connectivity index (χ3v) is 3.73. The molecule has 0 radical (unpaired) electrons. The first-order chi connectivity index (χ1) is 8.88. The van der Waals surface area contributed by atoms with E-state index in [-0.39, 0.29) is 0 Å². The molecule has 0 amide bonds. The predicted octanol–water partition coefficient (Wildman–Crippen LogP) is 1.96. The first-order valence-corrected chi connectivity index (χ1v) is 6.62. The molecular weight excluding hydrogens is 226 g/mol. The normalized spacial score (nSPS) is 20.6. The number of aromatic nitrogens is 4. The molecule has 0 aromatic carbocycles. The van der Waals surface area contributed by atoms with Gasteiger partial charge in [0.05, 0.1) is 18.3 Å². The van der Waals surface area contributed by atoms with Crippen molar-refractivity contribution in [1.82, 2.24) is 24.6 Å². The van der Waals surface area contributed by atoms with Gasteiger partial charge in [-0.25, -0.2) is 4.98 Å². The molecule has 2 aromatic heterocycles. The van der Waals surface area contributed by atoms with E-state index in [2.05, 4.69) is 43.8 Å². The highest BCUT2D eigenvalue weighted by Gasteiger charge is 2.27. The average Bonchev–Trinajstić information content (AvgIpc) is 3.09. The zero-order chi connectivity index (χ0) is 12.4. The Bertz CT molecular complexity index is 487. The number of nitrogens with one attached hydrogen (secondary N) is 1. The van der Waals surface area contributed by atoms with Crippen LogP contribution in [0.4, 0.5) is 0 Å². The highest BCUT2D eigenvalue weighted by Crippen LogP contribution is 2.31. The molecule has 3 rings (SSSR count). The molecule has 0 unspecified atom stereocenters. The number of aryl methyl sites for hydroxylation is 1. The second kappa shape index (κ2) is 4.94. The summed E-state index contributed by atoms with van der Waals surface area (Å²) in [4.78, 5) is 6.95. The van der Waals surface area contributed by atoms with Crippen molar-refractivity contribution in [2.45, 2.75) is 38.9 Å². The SMILES string of the molecule is CCn1ccnc1CN1CCC[C@H]1c1ccn[nH]1. The van der Waals surface area contributed by atoms with E-state index in [0.717, 1.165) is 25.5 Å². The number of rotatable bonds is 4. The first kappa shape index (κ1) is 11.5. The monoisotopic (exact) mass is 245 g/mol. The van der Waals surface area contributed by atoms with Crippen LogP contribution >= 0.6 is 0 Å². The van der Waals surface area contributed by atoms with E-state index in [1.54, 1.807) is 0 Å². The second-order valence-corrected chi connectivity index (χ2v) is 4.77. The zero-order valence-electron chi connectivity index (χ0n) is 10.7. The summed E-state index contributed by atoms with van der Waals surface area (Å²) >= 11 is 0. The van der Waals surface area contributed by atoms with Crippen molar-refractivity contribution in [2.24, 2.45) is 0 Å². The van der Waals surface area contributed by atoms with Gasteiger partial charge in [0.2, 0.25) is 0 Å². The van der Waals surface area contributed by atoms with Crippen molar-refractivity contribution < 1.29 is 0 Å². The Balaban J connectivity index is 1.76. The quantitative estimate of drug-likeness (QED) is 0.896. The van der Waals surface area contributed by atoms with E-state index in [0.29, 0.717) is 6.04 Å². The van der Waals surface area contributed by atoms with Gasteiger partial charge in [0, 0.05) is 25.1 Å². The highest BCUT2D eigenvalue weighted by atomic mass is 15.2. The van der Waals surface area contributed by atoms with Crippen molar-refractivity contribution >= 4 is 0 Å². The van der Waals surface area contributed by atoms with Crippen LogP contribution in [-0.4, -0.2) is 31.2 Å². The van der Waals surface area contributed by atoms with Crippen molar-refractivity contribution in [2.75, 3.05) is 6.54 Å². The van der Waals surface area contributed by atoms with Crippen LogP contribution in [-0.2, 0) is 13.1 Å². The topological polar surface area (TPSA) is 49.7 Å². The van der Waals surface area contributed by atoms with Crippen molar-refractivity contribution in [3.05, 3.63) is 36.2 Å². The van der Waals surface area contributed by atoms with Gasteiger partial charge in [0.1, 0.15) is 5.82 Å². The average molecular weight is 245 g/mol. The minimum Gasteiger partial charge on any atom is -0.334 e. The summed E-state index contributed by atoms with van der Waals surface area (Å²) in [5.41, 5.74) is 1.22. The molecule has 0 bridgehead atoms. The Morgan fingerprint density at radius 2 is 2.39 bits per heavy atom. The Labute approximate surface area is 107 Å². The molecule has 0 saturated carbocycles. The molecule has 18 heavy (non-hydrogen) atoms. The molecule has 1 N–H and O–H groups in total. The highest BCUT2D eigenvalue weighted by molar-refractivity contribution is 5.07. The molecule has 3 heterocycles. The maximum atomic E-state index is 4.46. The predicted molar refractivity (Wildman–Crippen MR) is 68.9 cm³/mol. The molecule has 5 heteroatoms. The second-order valence-electron chi connectivity index (χ2n) is 4.77. The molecule has 0 spiro atoms. The maximum absolute atomic E-state index is 4.46. The smallest absolute Gasteiger partial charge is 0.122 e. The molecular formula is C13H19N5. The molecule has 2 aromatic rings. The number of imidazole rings is 1. The number of nitrogens with zero attached hydrogens (tertiary/aromatic N) is 4. The number of hydrogen-bond donors (Lipinski definition) is 1. The summed E-state index contributed by atoms with van der Waals surface area (Å²) in [7, 11) is 0. The summed E-state index contributed by atoms with van der Waals surface area (Å²) in [5, 5.41) is 7.16. The molecule has 1 fully saturated rings. The van der Waals surface area contributed by atoms with Crippen LogP contribution in [0.3, 0.4) is 0 Å². The van der Waals surface area contributed by atoms with Gasteiger partial charge in [-0.2, -0.15) is 5.10 Å². The van der Waals surface area contributed by atoms with Gasteiger partial charge < -0.3 is 4.57 Å². The lowest BCUT2D eigenvalue weighted by molar-refractivity contribution is 0.235. The molecule has 1 atom stereocenters. The molecule has 1 aliphatic rings. The molecule has 1 saturated heterocycles. The third kappa shape index (κ3) is 2.06. The molecule has 5 nitrogen and oxygen atoms in total. The lowest BCUT2D eigenvalue weighted by Gasteiger charge is -2.23.